The number of rotatable bonds is 13. The first kappa shape index (κ1) is 27.5. The highest BCUT2D eigenvalue weighted by Gasteiger charge is 2.41. The highest BCUT2D eigenvalue weighted by atomic mass is 16.6. The van der Waals surface area contributed by atoms with E-state index in [4.69, 9.17) is 9.47 Å². The number of phenolic OH excluding ortho intramolecular Hbond substituents is 1. The van der Waals surface area contributed by atoms with Crippen molar-refractivity contribution in [3.05, 3.63) is 95.6 Å². The number of unbranched alkanes of at least 4 members (excludes halogenated alkanes) is 1. The molecule has 3 N–H and O–H groups in total. The molecule has 8 heteroatoms. The first-order chi connectivity index (χ1) is 17.8. The number of ether oxygens (including phenoxy) is 2. The van der Waals surface area contributed by atoms with Crippen molar-refractivity contribution in [3.8, 4) is 11.5 Å². The molecule has 0 spiro atoms. The fourth-order valence-corrected chi connectivity index (χ4v) is 3.76. The number of nitrogens with zero attached hydrogens (tertiary/aromatic N) is 1. The van der Waals surface area contributed by atoms with Gasteiger partial charge in [0.1, 0.15) is 12.1 Å². The number of benzene rings is 3. The van der Waals surface area contributed by atoms with Crippen LogP contribution in [0.5, 0.6) is 11.5 Å². The van der Waals surface area contributed by atoms with E-state index in [-0.39, 0.29) is 25.3 Å². The van der Waals surface area contributed by atoms with E-state index in [0.29, 0.717) is 17.9 Å². The topological polar surface area (TPSA) is 108 Å². The largest absolute Gasteiger partial charge is 0.504 e. The highest BCUT2D eigenvalue weighted by molar-refractivity contribution is 5.79. The fourth-order valence-electron chi connectivity index (χ4n) is 3.76. The highest BCUT2D eigenvalue weighted by Crippen LogP contribution is 2.30. The molecule has 0 aliphatic carbocycles. The van der Waals surface area contributed by atoms with Gasteiger partial charge in [0.05, 0.1) is 6.61 Å². The number of aliphatic carboxylic acids is 1. The zero-order valence-corrected chi connectivity index (χ0v) is 21.2. The molecule has 8 nitrogen and oxygen atoms in total. The van der Waals surface area contributed by atoms with Crippen LogP contribution in [-0.2, 0) is 29.1 Å². The Morgan fingerprint density at radius 1 is 0.946 bits per heavy atom. The molecule has 3 aromatic carbocycles. The summed E-state index contributed by atoms with van der Waals surface area (Å²) < 4.78 is 11.1. The maximum absolute atomic E-state index is 12.8. The molecule has 1 amide bonds. The standard InChI is InChI=1S/C29H34N2O6/c1-3-4-17-36-26-18-24(15-16-25(26)32)19-29(2,27(33)34)31(20-22-11-7-5-8-12-22)30-28(35)37-21-23-13-9-6-10-14-23/h5-16,18,32H,3-4,17,19-21H2,1-2H3,(H,30,35)(H,33,34)/t29-/m0/s1. The van der Waals surface area contributed by atoms with Gasteiger partial charge in [-0.3, -0.25) is 10.2 Å². The van der Waals surface area contributed by atoms with E-state index in [1.165, 1.54) is 11.1 Å². The molecule has 0 saturated carbocycles. The van der Waals surface area contributed by atoms with E-state index in [9.17, 15) is 19.8 Å². The van der Waals surface area contributed by atoms with Crippen LogP contribution in [-0.4, -0.2) is 39.4 Å². The minimum atomic E-state index is -1.56. The quantitative estimate of drug-likeness (QED) is 0.213. The maximum atomic E-state index is 12.8. The molecule has 0 saturated heterocycles. The lowest BCUT2D eigenvalue weighted by atomic mass is 9.91. The molecule has 37 heavy (non-hydrogen) atoms. The summed E-state index contributed by atoms with van der Waals surface area (Å²) in [5, 5.41) is 21.9. The molecule has 0 bridgehead atoms. The Morgan fingerprint density at radius 2 is 1.59 bits per heavy atom. The van der Waals surface area contributed by atoms with Crippen molar-refractivity contribution in [2.24, 2.45) is 0 Å². The van der Waals surface area contributed by atoms with E-state index in [1.807, 2.05) is 67.6 Å². The van der Waals surface area contributed by atoms with Crippen LogP contribution in [0.4, 0.5) is 4.79 Å². The average Bonchev–Trinajstić information content (AvgIpc) is 2.90. The molecule has 0 aliphatic heterocycles. The Morgan fingerprint density at radius 3 is 2.22 bits per heavy atom. The van der Waals surface area contributed by atoms with Crippen LogP contribution >= 0.6 is 0 Å². The number of phenols is 1. The van der Waals surface area contributed by atoms with Crippen LogP contribution in [0.3, 0.4) is 0 Å². The number of hydrogen-bond donors (Lipinski definition) is 3. The van der Waals surface area contributed by atoms with Gasteiger partial charge in [-0.15, -0.1) is 0 Å². The molecule has 0 heterocycles. The predicted octanol–water partition coefficient (Wildman–Crippen LogP) is 5.30. The van der Waals surface area contributed by atoms with Crippen molar-refractivity contribution < 1.29 is 29.3 Å². The lowest BCUT2D eigenvalue weighted by Gasteiger charge is -2.37. The first-order valence-corrected chi connectivity index (χ1v) is 12.3. The van der Waals surface area contributed by atoms with Crippen molar-refractivity contribution in [3.63, 3.8) is 0 Å². The smallest absolute Gasteiger partial charge is 0.422 e. The van der Waals surface area contributed by atoms with Crippen LogP contribution in [0.1, 0.15) is 43.4 Å². The normalized spacial score (nSPS) is 12.5. The van der Waals surface area contributed by atoms with Crippen LogP contribution < -0.4 is 10.2 Å². The Balaban J connectivity index is 1.84. The second-order valence-electron chi connectivity index (χ2n) is 9.01. The summed E-state index contributed by atoms with van der Waals surface area (Å²) in [6, 6.07) is 23.3. The number of hydrogen-bond acceptors (Lipinski definition) is 6. The number of aromatic hydroxyl groups is 1. The van der Waals surface area contributed by atoms with Gasteiger partial charge in [0, 0.05) is 13.0 Å². The van der Waals surface area contributed by atoms with Crippen molar-refractivity contribution >= 4 is 12.1 Å². The molecular formula is C29H34N2O6. The van der Waals surface area contributed by atoms with Crippen molar-refractivity contribution in [2.75, 3.05) is 6.61 Å². The summed E-state index contributed by atoms with van der Waals surface area (Å²) in [7, 11) is 0. The maximum Gasteiger partial charge on any atom is 0.422 e. The second kappa shape index (κ2) is 13.3. The molecular weight excluding hydrogens is 472 g/mol. The summed E-state index contributed by atoms with van der Waals surface area (Å²) >= 11 is 0. The second-order valence-corrected chi connectivity index (χ2v) is 9.01. The Hall–Kier alpha value is -4.04. The monoisotopic (exact) mass is 506 g/mol. The third kappa shape index (κ3) is 7.98. The summed E-state index contributed by atoms with van der Waals surface area (Å²) in [6.07, 6.45) is 1.04. The molecule has 1 atom stereocenters. The molecule has 3 rings (SSSR count). The van der Waals surface area contributed by atoms with Crippen molar-refractivity contribution in [1.82, 2.24) is 10.4 Å². The van der Waals surface area contributed by atoms with Gasteiger partial charge in [-0.2, -0.15) is 5.01 Å². The van der Waals surface area contributed by atoms with E-state index in [0.717, 1.165) is 24.0 Å². The molecule has 0 radical (unpaired) electrons. The van der Waals surface area contributed by atoms with Gasteiger partial charge in [0.25, 0.3) is 0 Å². The molecule has 0 aliphatic rings. The lowest BCUT2D eigenvalue weighted by Crippen LogP contribution is -2.60. The number of carbonyl (C=O) groups is 2. The van der Waals surface area contributed by atoms with E-state index in [2.05, 4.69) is 5.43 Å². The summed E-state index contributed by atoms with van der Waals surface area (Å²) in [5.41, 5.74) is 3.36. The number of carboxylic acid groups (broad SMARTS) is 1. The van der Waals surface area contributed by atoms with Crippen LogP contribution in [0.25, 0.3) is 0 Å². The molecule has 3 aromatic rings. The Bertz CT molecular complexity index is 1160. The van der Waals surface area contributed by atoms with E-state index >= 15 is 0 Å². The number of hydrazine groups is 1. The van der Waals surface area contributed by atoms with Gasteiger partial charge in [-0.25, -0.2) is 4.79 Å². The van der Waals surface area contributed by atoms with Gasteiger partial charge in [-0.05, 0) is 42.2 Å². The molecule has 196 valence electrons. The van der Waals surface area contributed by atoms with Crippen LogP contribution in [0.2, 0.25) is 0 Å². The van der Waals surface area contributed by atoms with Crippen molar-refractivity contribution in [2.45, 2.75) is 51.8 Å². The van der Waals surface area contributed by atoms with Gasteiger partial charge in [0.15, 0.2) is 11.5 Å². The number of carboxylic acids is 1. The third-order valence-corrected chi connectivity index (χ3v) is 6.01. The van der Waals surface area contributed by atoms with Crippen molar-refractivity contribution in [1.29, 1.82) is 0 Å². The number of carbonyl (C=O) groups excluding carboxylic acids is 1. The SMILES string of the molecule is CCCCOc1cc(C[C@@](C)(C(=O)O)N(Cc2ccccc2)NC(=O)OCc2ccccc2)ccc1O. The zero-order chi connectivity index (χ0) is 26.7. The Kier molecular flexibility index (Phi) is 9.92. The summed E-state index contributed by atoms with van der Waals surface area (Å²) in [5.74, 6) is -0.850. The average molecular weight is 507 g/mol. The first-order valence-electron chi connectivity index (χ1n) is 12.3. The van der Waals surface area contributed by atoms with Gasteiger partial charge in [0.2, 0.25) is 0 Å². The summed E-state index contributed by atoms with van der Waals surface area (Å²) in [4.78, 5) is 25.4. The molecule has 0 aromatic heterocycles. The fraction of sp³-hybridized carbons (Fsp3) is 0.310. The zero-order valence-electron chi connectivity index (χ0n) is 21.2. The summed E-state index contributed by atoms with van der Waals surface area (Å²) in [6.45, 7) is 4.20. The molecule has 0 unspecified atom stereocenters. The third-order valence-electron chi connectivity index (χ3n) is 6.01. The minimum absolute atomic E-state index is 0.0133. The minimum Gasteiger partial charge on any atom is -0.504 e. The lowest BCUT2D eigenvalue weighted by molar-refractivity contribution is -0.153. The number of nitrogens with one attached hydrogen (secondary N) is 1. The van der Waals surface area contributed by atoms with Gasteiger partial charge < -0.3 is 19.7 Å². The predicted molar refractivity (Wildman–Crippen MR) is 140 cm³/mol. The van der Waals surface area contributed by atoms with E-state index < -0.39 is 17.6 Å². The number of amides is 1. The van der Waals surface area contributed by atoms with Crippen LogP contribution in [0.15, 0.2) is 78.9 Å². The van der Waals surface area contributed by atoms with Gasteiger partial charge in [-0.1, -0.05) is 80.1 Å². The van der Waals surface area contributed by atoms with Crippen LogP contribution in [0, 0.1) is 0 Å². The molecule has 0 fully saturated rings. The van der Waals surface area contributed by atoms with Gasteiger partial charge >= 0.3 is 12.1 Å². The van der Waals surface area contributed by atoms with E-state index in [1.54, 1.807) is 19.1 Å². The Labute approximate surface area is 217 Å².